The zero-order chi connectivity index (χ0) is 20.4. The third-order valence-electron chi connectivity index (χ3n) is 3.38. The molecule has 2 aromatic rings. The van der Waals surface area contributed by atoms with E-state index in [2.05, 4.69) is 4.74 Å². The molecule has 7 nitrogen and oxygen atoms in total. The van der Waals surface area contributed by atoms with Crippen LogP contribution in [0.15, 0.2) is 41.3 Å². The highest BCUT2D eigenvalue weighted by Crippen LogP contribution is 2.37. The normalized spacial score (nSPS) is 12.4. The van der Waals surface area contributed by atoms with Gasteiger partial charge in [-0.2, -0.15) is 13.2 Å². The van der Waals surface area contributed by atoms with Gasteiger partial charge in [0.25, 0.3) is 5.69 Å². The van der Waals surface area contributed by atoms with Crippen LogP contribution in [0.3, 0.4) is 0 Å². The van der Waals surface area contributed by atoms with Crippen LogP contribution in [-0.4, -0.2) is 28.8 Å². The molecule has 0 aliphatic rings. The third kappa shape index (κ3) is 4.68. The number of ether oxygens (including phenoxy) is 2. The molecule has 0 saturated heterocycles. The molecule has 0 aliphatic carbocycles. The minimum absolute atomic E-state index is 0.0764. The SMILES string of the molecule is COC(=O)c1cc(Oc2ccc(C(F)(F)F)cc2[S+](C)[O-])ccc1[N+](=O)[O-]. The molecule has 2 rings (SSSR count). The summed E-state index contributed by atoms with van der Waals surface area (Å²) in [6.45, 7) is 0. The Morgan fingerprint density at radius 3 is 2.37 bits per heavy atom. The molecule has 0 N–H and O–H groups in total. The predicted molar refractivity (Wildman–Crippen MR) is 88.3 cm³/mol. The predicted octanol–water partition coefficient (Wildman–Crippen LogP) is 3.93. The number of nitro benzene ring substituents is 1. The van der Waals surface area contributed by atoms with Gasteiger partial charge in [-0.15, -0.1) is 0 Å². The van der Waals surface area contributed by atoms with Crippen molar-refractivity contribution in [3.8, 4) is 11.5 Å². The van der Waals surface area contributed by atoms with Crippen LogP contribution in [0.25, 0.3) is 0 Å². The second-order valence-corrected chi connectivity index (χ2v) is 6.49. The van der Waals surface area contributed by atoms with Gasteiger partial charge in [0.2, 0.25) is 0 Å². The minimum Gasteiger partial charge on any atom is -0.612 e. The number of methoxy groups -OCH3 is 1. The molecular formula is C16H12F3NO6S. The van der Waals surface area contributed by atoms with Gasteiger partial charge in [-0.3, -0.25) is 10.1 Å². The fourth-order valence-electron chi connectivity index (χ4n) is 2.13. The highest BCUT2D eigenvalue weighted by Gasteiger charge is 2.33. The first-order valence-corrected chi connectivity index (χ1v) is 8.69. The standard InChI is InChI=1S/C16H12F3NO6S/c1-25-15(21)11-8-10(4-5-12(11)20(22)23)26-13-6-3-9(16(17,18)19)7-14(13)27(2)24/h3-8H,1-2H3. The zero-order valence-corrected chi connectivity index (χ0v) is 14.7. The molecule has 2 aromatic carbocycles. The maximum absolute atomic E-state index is 12.8. The van der Waals surface area contributed by atoms with E-state index in [0.717, 1.165) is 37.4 Å². The summed E-state index contributed by atoms with van der Waals surface area (Å²) in [6.07, 6.45) is -3.45. The maximum atomic E-state index is 12.8. The van der Waals surface area contributed by atoms with Crippen LogP contribution in [0.5, 0.6) is 11.5 Å². The number of nitrogens with zero attached hydrogens (tertiary/aromatic N) is 1. The molecule has 0 saturated carbocycles. The molecule has 0 fully saturated rings. The van der Waals surface area contributed by atoms with Gasteiger partial charge in [0, 0.05) is 18.2 Å². The molecule has 1 atom stereocenters. The molecule has 0 spiro atoms. The second-order valence-electron chi connectivity index (χ2n) is 5.14. The van der Waals surface area contributed by atoms with Gasteiger partial charge in [-0.25, -0.2) is 4.79 Å². The van der Waals surface area contributed by atoms with E-state index < -0.39 is 45.1 Å². The first-order valence-electron chi connectivity index (χ1n) is 7.14. The van der Waals surface area contributed by atoms with Crippen molar-refractivity contribution in [1.82, 2.24) is 0 Å². The molecule has 27 heavy (non-hydrogen) atoms. The van der Waals surface area contributed by atoms with Crippen molar-refractivity contribution in [2.75, 3.05) is 13.4 Å². The van der Waals surface area contributed by atoms with Crippen LogP contribution in [-0.2, 0) is 22.1 Å². The third-order valence-corrected chi connectivity index (χ3v) is 4.32. The van der Waals surface area contributed by atoms with Crippen LogP contribution in [0, 0.1) is 10.1 Å². The fraction of sp³-hybridized carbons (Fsp3) is 0.188. The van der Waals surface area contributed by atoms with Crippen LogP contribution in [0.1, 0.15) is 15.9 Å². The topological polar surface area (TPSA) is 102 Å². The van der Waals surface area contributed by atoms with E-state index in [9.17, 15) is 32.6 Å². The van der Waals surface area contributed by atoms with E-state index in [1.807, 2.05) is 0 Å². The molecule has 0 heterocycles. The Morgan fingerprint density at radius 2 is 1.85 bits per heavy atom. The maximum Gasteiger partial charge on any atom is 0.416 e. The first-order chi connectivity index (χ1) is 12.5. The van der Waals surface area contributed by atoms with Gasteiger partial charge in [0.1, 0.15) is 17.6 Å². The summed E-state index contributed by atoms with van der Waals surface area (Å²) in [5.41, 5.74) is -1.93. The Balaban J connectivity index is 2.47. The molecule has 0 amide bonds. The van der Waals surface area contributed by atoms with Crippen molar-refractivity contribution in [3.63, 3.8) is 0 Å². The molecular weight excluding hydrogens is 391 g/mol. The molecule has 0 aliphatic heterocycles. The number of alkyl halides is 3. The van der Waals surface area contributed by atoms with Gasteiger partial charge >= 0.3 is 12.1 Å². The number of esters is 1. The molecule has 1 unspecified atom stereocenters. The second kappa shape index (κ2) is 7.84. The van der Waals surface area contributed by atoms with Crippen LogP contribution >= 0.6 is 0 Å². The largest absolute Gasteiger partial charge is 0.612 e. The number of hydrogen-bond donors (Lipinski definition) is 0. The number of rotatable bonds is 5. The van der Waals surface area contributed by atoms with E-state index in [0.29, 0.717) is 6.07 Å². The minimum atomic E-state index is -4.63. The van der Waals surface area contributed by atoms with E-state index in [1.54, 1.807) is 0 Å². The molecule has 144 valence electrons. The summed E-state index contributed by atoms with van der Waals surface area (Å²) in [4.78, 5) is 21.7. The van der Waals surface area contributed by atoms with E-state index in [1.165, 1.54) is 6.26 Å². The molecule has 11 heteroatoms. The number of benzene rings is 2. The Labute approximate surface area is 154 Å². The zero-order valence-electron chi connectivity index (χ0n) is 13.9. The molecule has 0 aromatic heterocycles. The Hall–Kier alpha value is -2.79. The van der Waals surface area contributed by atoms with E-state index in [-0.39, 0.29) is 16.4 Å². The number of hydrogen-bond acceptors (Lipinski definition) is 6. The van der Waals surface area contributed by atoms with Gasteiger partial charge in [0.05, 0.1) is 17.6 Å². The van der Waals surface area contributed by atoms with E-state index in [4.69, 9.17) is 4.74 Å². The average Bonchev–Trinajstić information content (AvgIpc) is 2.59. The lowest BCUT2D eigenvalue weighted by atomic mass is 10.1. The quantitative estimate of drug-likeness (QED) is 0.324. The lowest BCUT2D eigenvalue weighted by molar-refractivity contribution is -0.385. The van der Waals surface area contributed by atoms with Crippen LogP contribution < -0.4 is 4.74 Å². The monoisotopic (exact) mass is 403 g/mol. The number of carbonyl (C=O) groups is 1. The summed E-state index contributed by atoms with van der Waals surface area (Å²) in [6, 6.07) is 5.60. The van der Waals surface area contributed by atoms with E-state index >= 15 is 0 Å². The lowest BCUT2D eigenvalue weighted by Gasteiger charge is -2.14. The van der Waals surface area contributed by atoms with Gasteiger partial charge < -0.3 is 14.0 Å². The van der Waals surface area contributed by atoms with Crippen molar-refractivity contribution in [2.24, 2.45) is 0 Å². The van der Waals surface area contributed by atoms with Crippen LogP contribution in [0.2, 0.25) is 0 Å². The van der Waals surface area contributed by atoms with Gasteiger partial charge in [-0.1, -0.05) is 0 Å². The van der Waals surface area contributed by atoms with Crippen LogP contribution in [0.4, 0.5) is 18.9 Å². The highest BCUT2D eigenvalue weighted by atomic mass is 32.2. The van der Waals surface area contributed by atoms with Crippen molar-refractivity contribution in [2.45, 2.75) is 11.1 Å². The number of nitro groups is 1. The van der Waals surface area contributed by atoms with Crippen molar-refractivity contribution in [1.29, 1.82) is 0 Å². The van der Waals surface area contributed by atoms with Crippen molar-refractivity contribution >= 4 is 22.8 Å². The molecule has 0 radical (unpaired) electrons. The Kier molecular flexibility index (Phi) is 5.96. The van der Waals surface area contributed by atoms with Crippen molar-refractivity contribution in [3.05, 3.63) is 57.6 Å². The highest BCUT2D eigenvalue weighted by molar-refractivity contribution is 7.90. The summed E-state index contributed by atoms with van der Waals surface area (Å²) >= 11 is -1.81. The Morgan fingerprint density at radius 1 is 1.19 bits per heavy atom. The summed E-state index contributed by atoms with van der Waals surface area (Å²) in [5, 5.41) is 11.0. The smallest absolute Gasteiger partial charge is 0.416 e. The summed E-state index contributed by atoms with van der Waals surface area (Å²) in [7, 11) is 1.04. The summed E-state index contributed by atoms with van der Waals surface area (Å²) < 4.78 is 60.2. The Bertz CT molecular complexity index is 885. The van der Waals surface area contributed by atoms with Gasteiger partial charge in [-0.05, 0) is 29.4 Å². The van der Waals surface area contributed by atoms with Gasteiger partial charge in [0.15, 0.2) is 10.6 Å². The first kappa shape index (κ1) is 20.5. The number of carbonyl (C=O) groups excluding carboxylic acids is 1. The average molecular weight is 403 g/mol. The summed E-state index contributed by atoms with van der Waals surface area (Å²) in [5.74, 6) is -1.21. The fourth-order valence-corrected chi connectivity index (χ4v) is 2.82. The molecule has 0 bridgehead atoms. The number of halogens is 3. The lowest BCUT2D eigenvalue weighted by Crippen LogP contribution is -2.09. The van der Waals surface area contributed by atoms with Crippen molar-refractivity contribution < 1.29 is 36.9 Å².